The van der Waals surface area contributed by atoms with Crippen LogP contribution in [0.15, 0.2) is 47.6 Å². The number of carbonyl (C=O) groups excluding carboxylic acids is 2. The van der Waals surface area contributed by atoms with E-state index in [-0.39, 0.29) is 12.1 Å². The Bertz CT molecular complexity index is 851. The van der Waals surface area contributed by atoms with E-state index in [9.17, 15) is 14.0 Å². The zero-order valence-corrected chi connectivity index (χ0v) is 15.2. The van der Waals surface area contributed by atoms with Crippen molar-refractivity contribution in [2.75, 3.05) is 20.8 Å². The number of ether oxygens (including phenoxy) is 2. The van der Waals surface area contributed by atoms with Crippen LogP contribution in [0.1, 0.15) is 22.8 Å². The van der Waals surface area contributed by atoms with E-state index in [2.05, 4.69) is 15.8 Å². The number of carbonyl (C=O) groups is 2. The Hall–Kier alpha value is -3.42. The summed E-state index contributed by atoms with van der Waals surface area (Å²) in [7, 11) is 3.07. The summed E-state index contributed by atoms with van der Waals surface area (Å²) in [5.74, 6) is -0.242. The lowest BCUT2D eigenvalue weighted by Crippen LogP contribution is -2.35. The van der Waals surface area contributed by atoms with Crippen molar-refractivity contribution in [3.63, 3.8) is 0 Å². The Morgan fingerprint density at radius 3 is 2.41 bits per heavy atom. The fraction of sp³-hybridized carbons (Fsp3) is 0.211. The molecular formula is C19H20FN3O4. The average molecular weight is 373 g/mol. The van der Waals surface area contributed by atoms with Gasteiger partial charge in [-0.3, -0.25) is 9.59 Å². The summed E-state index contributed by atoms with van der Waals surface area (Å²) in [6, 6.07) is 10.2. The third kappa shape index (κ3) is 5.53. The molecule has 0 fully saturated rings. The van der Waals surface area contributed by atoms with Crippen molar-refractivity contribution in [3.8, 4) is 11.5 Å². The van der Waals surface area contributed by atoms with Gasteiger partial charge in [0.1, 0.15) is 17.3 Å². The van der Waals surface area contributed by atoms with Gasteiger partial charge in [-0.25, -0.2) is 9.82 Å². The first-order chi connectivity index (χ1) is 12.9. The molecule has 2 aromatic rings. The predicted molar refractivity (Wildman–Crippen MR) is 98.6 cm³/mol. The number of hydrogen-bond acceptors (Lipinski definition) is 5. The van der Waals surface area contributed by atoms with Gasteiger partial charge in [-0.1, -0.05) is 0 Å². The molecule has 0 saturated heterocycles. The average Bonchev–Trinajstić information content (AvgIpc) is 2.70. The van der Waals surface area contributed by atoms with Crippen molar-refractivity contribution in [2.45, 2.75) is 6.92 Å². The van der Waals surface area contributed by atoms with E-state index < -0.39 is 17.6 Å². The molecule has 0 radical (unpaired) electrons. The van der Waals surface area contributed by atoms with Crippen LogP contribution in [-0.2, 0) is 4.79 Å². The summed E-state index contributed by atoms with van der Waals surface area (Å²) in [5.41, 5.74) is 3.83. The van der Waals surface area contributed by atoms with E-state index in [0.29, 0.717) is 22.8 Å². The van der Waals surface area contributed by atoms with Crippen molar-refractivity contribution < 1.29 is 23.5 Å². The van der Waals surface area contributed by atoms with Gasteiger partial charge in [0.15, 0.2) is 0 Å². The fourth-order valence-corrected chi connectivity index (χ4v) is 2.21. The SMILES string of the molecule is COc1ccc(/C(C)=N\NC(=O)CNC(=O)c2ccc(F)cc2)c(OC)c1. The molecule has 7 nitrogen and oxygen atoms in total. The molecular weight excluding hydrogens is 353 g/mol. The Kier molecular flexibility index (Phi) is 6.87. The standard InChI is InChI=1S/C19H20FN3O4/c1-12(16-9-8-15(26-2)10-17(16)27-3)22-23-18(24)11-21-19(25)13-4-6-14(20)7-5-13/h4-10H,11H2,1-3H3,(H,21,25)(H,23,24)/b22-12-. The van der Waals surface area contributed by atoms with Gasteiger partial charge in [-0.05, 0) is 43.3 Å². The number of halogens is 1. The van der Waals surface area contributed by atoms with Crippen LogP contribution in [0.2, 0.25) is 0 Å². The number of benzene rings is 2. The van der Waals surface area contributed by atoms with Crippen LogP contribution in [0.4, 0.5) is 4.39 Å². The lowest BCUT2D eigenvalue weighted by molar-refractivity contribution is -0.120. The van der Waals surface area contributed by atoms with E-state index in [1.54, 1.807) is 32.2 Å². The highest BCUT2D eigenvalue weighted by Crippen LogP contribution is 2.24. The molecule has 0 bridgehead atoms. The van der Waals surface area contributed by atoms with Crippen molar-refractivity contribution in [2.24, 2.45) is 5.10 Å². The molecule has 0 spiro atoms. The second-order valence-electron chi connectivity index (χ2n) is 5.49. The van der Waals surface area contributed by atoms with Crippen LogP contribution < -0.4 is 20.2 Å². The van der Waals surface area contributed by atoms with E-state index in [1.807, 2.05) is 0 Å². The molecule has 0 saturated carbocycles. The highest BCUT2D eigenvalue weighted by atomic mass is 19.1. The van der Waals surface area contributed by atoms with Gasteiger partial charge in [0.25, 0.3) is 11.8 Å². The van der Waals surface area contributed by atoms with Gasteiger partial charge >= 0.3 is 0 Å². The Labute approximate surface area is 156 Å². The maximum absolute atomic E-state index is 12.9. The second kappa shape index (κ2) is 9.33. The predicted octanol–water partition coefficient (Wildman–Crippen LogP) is 2.11. The Balaban J connectivity index is 1.93. The number of methoxy groups -OCH3 is 2. The Morgan fingerprint density at radius 2 is 1.78 bits per heavy atom. The molecule has 0 heterocycles. The van der Waals surface area contributed by atoms with Crippen molar-refractivity contribution in [1.29, 1.82) is 0 Å². The zero-order chi connectivity index (χ0) is 19.8. The monoisotopic (exact) mass is 373 g/mol. The number of hydrogen-bond donors (Lipinski definition) is 2. The summed E-state index contributed by atoms with van der Waals surface area (Å²) in [6.07, 6.45) is 0. The first-order valence-electron chi connectivity index (χ1n) is 8.04. The summed E-state index contributed by atoms with van der Waals surface area (Å²) < 4.78 is 23.3. The smallest absolute Gasteiger partial charge is 0.259 e. The highest BCUT2D eigenvalue weighted by Gasteiger charge is 2.10. The third-order valence-electron chi connectivity index (χ3n) is 3.66. The van der Waals surface area contributed by atoms with Crippen molar-refractivity contribution in [1.82, 2.24) is 10.7 Å². The quantitative estimate of drug-likeness (QED) is 0.575. The number of rotatable bonds is 7. The number of hydrazone groups is 1. The minimum absolute atomic E-state index is 0.256. The van der Waals surface area contributed by atoms with Crippen LogP contribution in [0.3, 0.4) is 0 Å². The molecule has 27 heavy (non-hydrogen) atoms. The van der Waals surface area contributed by atoms with E-state index >= 15 is 0 Å². The first-order valence-corrected chi connectivity index (χ1v) is 8.04. The van der Waals surface area contributed by atoms with Gasteiger partial charge in [0, 0.05) is 17.2 Å². The van der Waals surface area contributed by atoms with E-state index in [1.165, 1.54) is 31.4 Å². The first kappa shape index (κ1) is 19.9. The summed E-state index contributed by atoms with van der Waals surface area (Å²) in [4.78, 5) is 23.8. The van der Waals surface area contributed by atoms with Crippen LogP contribution >= 0.6 is 0 Å². The molecule has 0 aliphatic rings. The van der Waals surface area contributed by atoms with Crippen LogP contribution in [0.5, 0.6) is 11.5 Å². The molecule has 2 rings (SSSR count). The van der Waals surface area contributed by atoms with E-state index in [0.717, 1.165) is 0 Å². The van der Waals surface area contributed by atoms with Gasteiger partial charge in [0.2, 0.25) is 0 Å². The zero-order valence-electron chi connectivity index (χ0n) is 15.2. The minimum atomic E-state index is -0.503. The molecule has 0 aliphatic heterocycles. The minimum Gasteiger partial charge on any atom is -0.497 e. The lowest BCUT2D eigenvalue weighted by atomic mass is 10.1. The van der Waals surface area contributed by atoms with Crippen molar-refractivity contribution in [3.05, 3.63) is 59.4 Å². The molecule has 0 unspecified atom stereocenters. The maximum Gasteiger partial charge on any atom is 0.259 e. The highest BCUT2D eigenvalue weighted by molar-refractivity contribution is 6.02. The largest absolute Gasteiger partial charge is 0.497 e. The molecule has 2 N–H and O–H groups in total. The number of amides is 2. The van der Waals surface area contributed by atoms with Gasteiger partial charge in [-0.15, -0.1) is 0 Å². The van der Waals surface area contributed by atoms with Crippen molar-refractivity contribution >= 4 is 17.5 Å². The topological polar surface area (TPSA) is 89.0 Å². The van der Waals surface area contributed by atoms with Gasteiger partial charge in [0.05, 0.1) is 26.5 Å². The fourth-order valence-electron chi connectivity index (χ4n) is 2.21. The van der Waals surface area contributed by atoms with Gasteiger partial charge < -0.3 is 14.8 Å². The molecule has 2 aromatic carbocycles. The lowest BCUT2D eigenvalue weighted by Gasteiger charge is -2.10. The molecule has 0 aliphatic carbocycles. The number of nitrogens with zero attached hydrogens (tertiary/aromatic N) is 1. The molecule has 0 aromatic heterocycles. The second-order valence-corrected chi connectivity index (χ2v) is 5.49. The van der Waals surface area contributed by atoms with Crippen LogP contribution in [-0.4, -0.2) is 38.3 Å². The normalized spacial score (nSPS) is 10.9. The van der Waals surface area contributed by atoms with Crippen LogP contribution in [0.25, 0.3) is 0 Å². The van der Waals surface area contributed by atoms with Crippen LogP contribution in [0, 0.1) is 5.82 Å². The third-order valence-corrected chi connectivity index (χ3v) is 3.66. The molecule has 0 atom stereocenters. The maximum atomic E-state index is 12.9. The summed E-state index contributed by atoms with van der Waals surface area (Å²) in [6.45, 7) is 1.44. The number of nitrogens with one attached hydrogen (secondary N) is 2. The van der Waals surface area contributed by atoms with Gasteiger partial charge in [-0.2, -0.15) is 5.10 Å². The molecule has 8 heteroatoms. The summed E-state index contributed by atoms with van der Waals surface area (Å²) in [5, 5.41) is 6.45. The molecule has 2 amide bonds. The molecule has 142 valence electrons. The summed E-state index contributed by atoms with van der Waals surface area (Å²) >= 11 is 0. The van der Waals surface area contributed by atoms with E-state index in [4.69, 9.17) is 9.47 Å². The Morgan fingerprint density at radius 1 is 1.07 bits per heavy atom.